The molecule has 3 rings (SSSR count). The van der Waals surface area contributed by atoms with Crippen LogP contribution in [0.4, 0.5) is 11.4 Å². The van der Waals surface area contributed by atoms with Crippen molar-refractivity contribution in [3.63, 3.8) is 0 Å². The molecule has 0 aliphatic carbocycles. The van der Waals surface area contributed by atoms with Crippen LogP contribution in [0.25, 0.3) is 0 Å². The van der Waals surface area contributed by atoms with Gasteiger partial charge in [0.25, 0.3) is 0 Å². The van der Waals surface area contributed by atoms with E-state index in [4.69, 9.17) is 4.74 Å². The Labute approximate surface area is 150 Å². The van der Waals surface area contributed by atoms with Crippen molar-refractivity contribution >= 4 is 11.4 Å². The van der Waals surface area contributed by atoms with Gasteiger partial charge in [-0.25, -0.2) is 0 Å². The quantitative estimate of drug-likeness (QED) is 0.717. The van der Waals surface area contributed by atoms with E-state index in [9.17, 15) is 20.0 Å². The Morgan fingerprint density at radius 1 is 1.04 bits per heavy atom. The van der Waals surface area contributed by atoms with Gasteiger partial charge in [-0.1, -0.05) is 19.9 Å². The molecule has 136 valence electrons. The first-order valence-corrected chi connectivity index (χ1v) is 8.34. The average molecular weight is 356 g/mol. The van der Waals surface area contributed by atoms with Crippen LogP contribution in [-0.2, 0) is 0 Å². The Hall–Kier alpha value is -2.96. The van der Waals surface area contributed by atoms with E-state index in [0.29, 0.717) is 28.0 Å². The molecule has 0 bridgehead atoms. The first-order valence-electron chi connectivity index (χ1n) is 8.34. The Balaban J connectivity index is 2.17. The molecule has 1 aliphatic heterocycles. The van der Waals surface area contributed by atoms with Gasteiger partial charge in [0.15, 0.2) is 0 Å². The Bertz CT molecular complexity index is 910. The second-order valence-electron chi connectivity index (χ2n) is 6.81. The van der Waals surface area contributed by atoms with Crippen molar-refractivity contribution in [3.05, 3.63) is 50.3 Å². The summed E-state index contributed by atoms with van der Waals surface area (Å²) in [6.45, 7) is 7.35. The van der Waals surface area contributed by atoms with Gasteiger partial charge in [0.2, 0.25) is 0 Å². The highest BCUT2D eigenvalue weighted by atomic mass is 16.5. The molecule has 0 amide bonds. The van der Waals surface area contributed by atoms with Crippen molar-refractivity contribution in [1.82, 2.24) is 0 Å². The highest BCUT2D eigenvalue weighted by Crippen LogP contribution is 2.54. The van der Waals surface area contributed by atoms with Gasteiger partial charge in [-0.2, -0.15) is 0 Å². The molecular weight excluding hydrogens is 336 g/mol. The van der Waals surface area contributed by atoms with E-state index in [-0.39, 0.29) is 34.7 Å². The van der Waals surface area contributed by atoms with E-state index in [1.807, 2.05) is 13.8 Å². The number of phenols is 2. The number of hydrogen-bond donors (Lipinski definition) is 2. The van der Waals surface area contributed by atoms with Crippen molar-refractivity contribution < 1.29 is 14.9 Å². The molecule has 7 heteroatoms. The Morgan fingerprint density at radius 3 is 2.35 bits per heavy atom. The molecule has 26 heavy (non-hydrogen) atoms. The van der Waals surface area contributed by atoms with E-state index >= 15 is 0 Å². The second-order valence-corrected chi connectivity index (χ2v) is 6.81. The van der Waals surface area contributed by atoms with Crippen LogP contribution in [0.3, 0.4) is 0 Å². The predicted octanol–water partition coefficient (Wildman–Crippen LogP) is 5.38. The van der Waals surface area contributed by atoms with Gasteiger partial charge >= 0.3 is 0 Å². The van der Waals surface area contributed by atoms with Gasteiger partial charge in [0.1, 0.15) is 34.7 Å². The molecule has 2 aromatic carbocycles. The van der Waals surface area contributed by atoms with Crippen molar-refractivity contribution in [2.45, 2.75) is 39.7 Å². The maximum Gasteiger partial charge on any atom is 0.150 e. The number of nitrogens with zero attached hydrogens (tertiary/aromatic N) is 2. The van der Waals surface area contributed by atoms with Crippen molar-refractivity contribution in [2.24, 2.45) is 16.3 Å². The first kappa shape index (κ1) is 17.8. The summed E-state index contributed by atoms with van der Waals surface area (Å²) in [5.41, 5.74) is 2.46. The summed E-state index contributed by atoms with van der Waals surface area (Å²) in [4.78, 5) is 22.1. The molecule has 0 saturated heterocycles. The number of phenolic OH excluding ortho intramolecular Hbond substituents is 2. The minimum absolute atomic E-state index is 0.0268. The van der Waals surface area contributed by atoms with Gasteiger partial charge in [0, 0.05) is 22.6 Å². The molecule has 7 nitrogen and oxygen atoms in total. The highest BCUT2D eigenvalue weighted by molar-refractivity contribution is 5.69. The first-order chi connectivity index (χ1) is 12.3. The number of fused-ring (bicyclic) bond motifs is 1. The summed E-state index contributed by atoms with van der Waals surface area (Å²) in [5.74, 6) is 0.165. The van der Waals surface area contributed by atoms with Gasteiger partial charge in [-0.15, -0.1) is 9.81 Å². The summed E-state index contributed by atoms with van der Waals surface area (Å²) in [6, 6.07) is 4.56. The van der Waals surface area contributed by atoms with Gasteiger partial charge in [0.05, 0.1) is 0 Å². The molecule has 1 heterocycles. The number of benzene rings is 2. The van der Waals surface area contributed by atoms with E-state index in [1.165, 1.54) is 12.1 Å². The lowest BCUT2D eigenvalue weighted by molar-refractivity contribution is 0.104. The minimum atomic E-state index is -0.432. The van der Waals surface area contributed by atoms with Crippen molar-refractivity contribution in [2.75, 3.05) is 0 Å². The zero-order valence-corrected chi connectivity index (χ0v) is 15.0. The molecule has 2 aromatic rings. The van der Waals surface area contributed by atoms with E-state index in [2.05, 4.69) is 10.4 Å². The summed E-state index contributed by atoms with van der Waals surface area (Å²) in [5, 5.41) is 26.1. The van der Waals surface area contributed by atoms with Crippen LogP contribution in [0.1, 0.15) is 48.1 Å². The highest BCUT2D eigenvalue weighted by Gasteiger charge is 2.38. The number of ether oxygens (including phenoxy) is 1. The molecule has 0 fully saturated rings. The third-order valence-electron chi connectivity index (χ3n) is 5.39. The van der Waals surface area contributed by atoms with Crippen LogP contribution in [-0.4, -0.2) is 10.2 Å². The Kier molecular flexibility index (Phi) is 4.39. The van der Waals surface area contributed by atoms with Crippen LogP contribution < -0.4 is 4.74 Å². The van der Waals surface area contributed by atoms with E-state index in [0.717, 1.165) is 0 Å². The maximum atomic E-state index is 11.2. The summed E-state index contributed by atoms with van der Waals surface area (Å²) in [6.07, 6.45) is -0.432. The van der Waals surface area contributed by atoms with Crippen LogP contribution >= 0.6 is 0 Å². The average Bonchev–Trinajstić information content (AvgIpc) is 2.63. The number of rotatable bonds is 3. The molecule has 0 saturated carbocycles. The fourth-order valence-electron chi connectivity index (χ4n) is 3.65. The van der Waals surface area contributed by atoms with Gasteiger partial charge in [-0.05, 0) is 47.8 Å². The molecule has 0 radical (unpaired) electrons. The molecule has 2 N–H and O–H groups in total. The SMILES string of the molecule is Cc1c(O)c2c(c(C)c1N=O)OC(c1ccc(O)c(N=O)c1)C(C)C2C. The monoisotopic (exact) mass is 356 g/mol. The van der Waals surface area contributed by atoms with Crippen molar-refractivity contribution in [1.29, 1.82) is 0 Å². The summed E-state index contributed by atoms with van der Waals surface area (Å²) >= 11 is 0. The second kappa shape index (κ2) is 6.40. The van der Waals surface area contributed by atoms with Gasteiger partial charge < -0.3 is 14.9 Å². The third-order valence-corrected chi connectivity index (χ3v) is 5.39. The predicted molar refractivity (Wildman–Crippen MR) is 97.5 cm³/mol. The van der Waals surface area contributed by atoms with Crippen LogP contribution in [0.5, 0.6) is 17.2 Å². The standard InChI is InChI=1S/C19H20N2O5/c1-8-9(2)18(12-5-6-14(22)13(7-12)20-24)26-19-11(4)16(21-25)10(3)17(23)15(8)19/h5-9,18,22-23H,1-4H3. The Morgan fingerprint density at radius 2 is 1.73 bits per heavy atom. The third kappa shape index (κ3) is 2.51. The van der Waals surface area contributed by atoms with E-state index < -0.39 is 6.10 Å². The largest absolute Gasteiger partial charge is 0.507 e. The molecular formula is C19H20N2O5. The van der Waals surface area contributed by atoms with Crippen LogP contribution in [0.2, 0.25) is 0 Å². The number of nitroso groups, excluding NO2 is 2. The molecule has 0 spiro atoms. The minimum Gasteiger partial charge on any atom is -0.507 e. The lowest BCUT2D eigenvalue weighted by Crippen LogP contribution is -2.27. The molecule has 0 aromatic heterocycles. The summed E-state index contributed by atoms with van der Waals surface area (Å²) < 4.78 is 6.16. The lowest BCUT2D eigenvalue weighted by atomic mass is 9.78. The van der Waals surface area contributed by atoms with Gasteiger partial charge in [-0.3, -0.25) is 0 Å². The van der Waals surface area contributed by atoms with Crippen LogP contribution in [0.15, 0.2) is 28.6 Å². The van der Waals surface area contributed by atoms with Crippen molar-refractivity contribution in [3.8, 4) is 17.2 Å². The molecule has 1 aliphatic rings. The van der Waals surface area contributed by atoms with Crippen LogP contribution in [0, 0.1) is 29.6 Å². The maximum absolute atomic E-state index is 11.2. The lowest BCUT2D eigenvalue weighted by Gasteiger charge is -2.38. The van der Waals surface area contributed by atoms with E-state index in [1.54, 1.807) is 19.9 Å². The summed E-state index contributed by atoms with van der Waals surface area (Å²) in [7, 11) is 0. The topological polar surface area (TPSA) is 109 Å². The number of hydrogen-bond acceptors (Lipinski definition) is 7. The fraction of sp³-hybridized carbons (Fsp3) is 0.368. The molecule has 3 unspecified atom stereocenters. The number of aromatic hydroxyl groups is 2. The normalized spacial score (nSPS) is 21.6. The zero-order chi connectivity index (χ0) is 19.2. The smallest absolute Gasteiger partial charge is 0.150 e. The fourth-order valence-corrected chi connectivity index (χ4v) is 3.65. The zero-order valence-electron chi connectivity index (χ0n) is 15.0. The molecule has 3 atom stereocenters.